The number of primary amides is 1. The highest BCUT2D eigenvalue weighted by Gasteiger charge is 2.35. The smallest absolute Gasteiger partial charge is 0.245 e. The Morgan fingerprint density at radius 3 is 2.21 bits per heavy atom. The maximum absolute atomic E-state index is 13.0. The number of carbonyl (C=O) groups is 2. The largest absolute Gasteiger partial charge is 0.369 e. The molecule has 1 saturated heterocycles. The van der Waals surface area contributed by atoms with Gasteiger partial charge in [0.05, 0.1) is 6.26 Å². The molecule has 7 nitrogen and oxygen atoms in total. The fraction of sp³-hybridized carbons (Fsp3) is 0.500. The van der Waals surface area contributed by atoms with Crippen molar-refractivity contribution < 1.29 is 18.0 Å². The van der Waals surface area contributed by atoms with Crippen molar-refractivity contribution >= 4 is 21.8 Å². The van der Waals surface area contributed by atoms with E-state index in [0.717, 1.165) is 10.6 Å². The molecular formula is C16H23N3O4S. The molecule has 8 heteroatoms. The molecule has 1 aliphatic heterocycles. The highest BCUT2D eigenvalue weighted by Crippen LogP contribution is 2.26. The summed E-state index contributed by atoms with van der Waals surface area (Å²) in [5, 5.41) is 0. The first kappa shape index (κ1) is 18.4. The molecule has 0 unspecified atom stereocenters. The molecule has 1 aliphatic rings. The molecule has 0 saturated carbocycles. The number of nitrogens with two attached hydrogens (primary N) is 1. The molecule has 2 N–H and O–H groups in total. The van der Waals surface area contributed by atoms with Crippen molar-refractivity contribution in [2.45, 2.75) is 18.9 Å². The van der Waals surface area contributed by atoms with Crippen LogP contribution in [-0.2, 0) is 19.6 Å². The number of rotatable bonds is 5. The van der Waals surface area contributed by atoms with Crippen molar-refractivity contribution in [1.82, 2.24) is 9.21 Å². The van der Waals surface area contributed by atoms with Crippen LogP contribution in [0.15, 0.2) is 30.3 Å². The number of likely N-dealkylation sites (N-methyl/N-ethyl adjacent to an activating group) is 1. The summed E-state index contributed by atoms with van der Waals surface area (Å²) in [6, 6.07) is 7.91. The minimum atomic E-state index is -3.55. The van der Waals surface area contributed by atoms with Crippen LogP contribution in [0.25, 0.3) is 0 Å². The van der Waals surface area contributed by atoms with Crippen LogP contribution in [0.1, 0.15) is 24.4 Å². The van der Waals surface area contributed by atoms with Crippen LogP contribution in [0.5, 0.6) is 0 Å². The van der Waals surface area contributed by atoms with E-state index in [0.29, 0.717) is 31.5 Å². The van der Waals surface area contributed by atoms with E-state index >= 15 is 0 Å². The van der Waals surface area contributed by atoms with Gasteiger partial charge in [-0.3, -0.25) is 9.59 Å². The monoisotopic (exact) mass is 353 g/mol. The molecule has 1 aromatic carbocycles. The maximum Gasteiger partial charge on any atom is 0.245 e. The fourth-order valence-electron chi connectivity index (χ4n) is 2.89. The summed E-state index contributed by atoms with van der Waals surface area (Å²) in [5.74, 6) is -0.858. The van der Waals surface area contributed by atoms with Gasteiger partial charge in [0.25, 0.3) is 0 Å². The Labute approximate surface area is 142 Å². The molecule has 132 valence electrons. The Balaban J connectivity index is 2.25. The van der Waals surface area contributed by atoms with Crippen LogP contribution >= 0.6 is 0 Å². The van der Waals surface area contributed by atoms with E-state index in [2.05, 4.69) is 0 Å². The lowest BCUT2D eigenvalue weighted by molar-refractivity contribution is -0.138. The summed E-state index contributed by atoms with van der Waals surface area (Å²) < 4.78 is 25.0. The second-order valence-electron chi connectivity index (χ2n) is 6.09. The summed E-state index contributed by atoms with van der Waals surface area (Å²) in [5.41, 5.74) is 5.93. The van der Waals surface area contributed by atoms with E-state index in [4.69, 9.17) is 5.73 Å². The minimum absolute atomic E-state index is 0.225. The number of sulfonamides is 1. The van der Waals surface area contributed by atoms with Crippen molar-refractivity contribution in [3.8, 4) is 0 Å². The van der Waals surface area contributed by atoms with Gasteiger partial charge in [0, 0.05) is 26.1 Å². The first-order valence-corrected chi connectivity index (χ1v) is 9.62. The number of carbonyl (C=O) groups excluding carboxylic acids is 2. The molecule has 0 bridgehead atoms. The quantitative estimate of drug-likeness (QED) is 0.825. The van der Waals surface area contributed by atoms with Gasteiger partial charge in [-0.2, -0.15) is 4.31 Å². The van der Waals surface area contributed by atoms with E-state index in [9.17, 15) is 18.0 Å². The zero-order chi connectivity index (χ0) is 17.9. The molecule has 1 fully saturated rings. The van der Waals surface area contributed by atoms with Crippen LogP contribution in [0.4, 0.5) is 0 Å². The van der Waals surface area contributed by atoms with Gasteiger partial charge < -0.3 is 10.6 Å². The van der Waals surface area contributed by atoms with Crippen molar-refractivity contribution in [2.75, 3.05) is 26.4 Å². The Kier molecular flexibility index (Phi) is 5.61. The summed E-state index contributed by atoms with van der Waals surface area (Å²) in [4.78, 5) is 25.8. The summed E-state index contributed by atoms with van der Waals surface area (Å²) >= 11 is 0. The SMILES string of the molecule is CN([C@H](C(=O)N1CCC(C(N)=O)CC1)c1ccccc1)S(C)(=O)=O. The van der Waals surface area contributed by atoms with Gasteiger partial charge in [0.2, 0.25) is 21.8 Å². The molecule has 2 amide bonds. The summed E-state index contributed by atoms with van der Waals surface area (Å²) in [6.07, 6.45) is 2.09. The maximum atomic E-state index is 13.0. The van der Waals surface area contributed by atoms with Crippen LogP contribution in [0, 0.1) is 5.92 Å². The molecular weight excluding hydrogens is 330 g/mol. The minimum Gasteiger partial charge on any atom is -0.369 e. The lowest BCUT2D eigenvalue weighted by Gasteiger charge is -2.35. The van der Waals surface area contributed by atoms with Gasteiger partial charge in [0.15, 0.2) is 0 Å². The topological polar surface area (TPSA) is 101 Å². The molecule has 0 aliphatic carbocycles. The van der Waals surface area contributed by atoms with Crippen molar-refractivity contribution in [2.24, 2.45) is 11.7 Å². The first-order valence-electron chi connectivity index (χ1n) is 7.78. The number of likely N-dealkylation sites (tertiary alicyclic amines) is 1. The number of nitrogens with zero attached hydrogens (tertiary/aromatic N) is 2. The third-order valence-corrected chi connectivity index (χ3v) is 5.70. The molecule has 1 atom stereocenters. The van der Waals surface area contributed by atoms with Crippen LogP contribution in [0.3, 0.4) is 0 Å². The van der Waals surface area contributed by atoms with E-state index in [1.165, 1.54) is 7.05 Å². The zero-order valence-electron chi connectivity index (χ0n) is 13.9. The Morgan fingerprint density at radius 1 is 1.21 bits per heavy atom. The van der Waals surface area contributed by atoms with Crippen molar-refractivity contribution in [1.29, 1.82) is 0 Å². The molecule has 0 radical (unpaired) electrons. The van der Waals surface area contributed by atoms with Crippen LogP contribution < -0.4 is 5.73 Å². The Hall–Kier alpha value is -1.93. The first-order chi connectivity index (χ1) is 11.2. The highest BCUT2D eigenvalue weighted by atomic mass is 32.2. The van der Waals surface area contributed by atoms with Crippen LogP contribution in [0.2, 0.25) is 0 Å². The Bertz CT molecular complexity index is 697. The Morgan fingerprint density at radius 2 is 1.75 bits per heavy atom. The predicted molar refractivity (Wildman–Crippen MR) is 90.3 cm³/mol. The highest BCUT2D eigenvalue weighted by molar-refractivity contribution is 7.88. The van der Waals surface area contributed by atoms with E-state index in [1.54, 1.807) is 29.2 Å². The average Bonchev–Trinajstić information content (AvgIpc) is 2.55. The van der Waals surface area contributed by atoms with Gasteiger partial charge >= 0.3 is 0 Å². The lowest BCUT2D eigenvalue weighted by Crippen LogP contribution is -2.47. The number of benzene rings is 1. The van der Waals surface area contributed by atoms with E-state index in [-0.39, 0.29) is 17.7 Å². The number of piperidine rings is 1. The van der Waals surface area contributed by atoms with E-state index < -0.39 is 16.1 Å². The van der Waals surface area contributed by atoms with Gasteiger partial charge in [-0.05, 0) is 18.4 Å². The predicted octanol–water partition coefficient (Wildman–Crippen LogP) is 0.343. The normalized spacial score (nSPS) is 17.7. The number of hydrogen-bond donors (Lipinski definition) is 1. The average molecular weight is 353 g/mol. The molecule has 1 heterocycles. The molecule has 0 aromatic heterocycles. The lowest BCUT2D eigenvalue weighted by atomic mass is 9.95. The van der Waals surface area contributed by atoms with Crippen molar-refractivity contribution in [3.63, 3.8) is 0 Å². The molecule has 24 heavy (non-hydrogen) atoms. The van der Waals surface area contributed by atoms with Gasteiger partial charge in [-0.25, -0.2) is 8.42 Å². The second kappa shape index (κ2) is 7.31. The fourth-order valence-corrected chi connectivity index (χ4v) is 3.49. The molecule has 1 aromatic rings. The number of hydrogen-bond acceptors (Lipinski definition) is 4. The second-order valence-corrected chi connectivity index (χ2v) is 8.14. The van der Waals surface area contributed by atoms with Crippen LogP contribution in [-0.4, -0.2) is 55.8 Å². The third-order valence-electron chi connectivity index (χ3n) is 4.44. The standard InChI is InChI=1S/C16H23N3O4S/c1-18(24(2,22)23)14(12-6-4-3-5-7-12)16(21)19-10-8-13(9-11-19)15(17)20/h3-7,13-14H,8-11H2,1-2H3,(H2,17,20)/t14-/m0/s1. The summed E-state index contributed by atoms with van der Waals surface area (Å²) in [7, 11) is -2.14. The third kappa shape index (κ3) is 4.12. The van der Waals surface area contributed by atoms with Gasteiger partial charge in [-0.15, -0.1) is 0 Å². The molecule has 2 rings (SSSR count). The van der Waals surface area contributed by atoms with Gasteiger partial charge in [-0.1, -0.05) is 30.3 Å². The van der Waals surface area contributed by atoms with E-state index in [1.807, 2.05) is 6.07 Å². The summed E-state index contributed by atoms with van der Waals surface area (Å²) in [6.45, 7) is 0.792. The van der Waals surface area contributed by atoms with Crippen molar-refractivity contribution in [3.05, 3.63) is 35.9 Å². The zero-order valence-corrected chi connectivity index (χ0v) is 14.7. The number of amides is 2. The van der Waals surface area contributed by atoms with Gasteiger partial charge in [0.1, 0.15) is 6.04 Å². The molecule has 0 spiro atoms.